The Hall–Kier alpha value is -0.340. The van der Waals surface area contributed by atoms with Crippen molar-refractivity contribution in [1.82, 2.24) is 4.90 Å². The Morgan fingerprint density at radius 3 is 2.62 bits per heavy atom. The molecule has 74 valence electrons. The second-order valence-corrected chi connectivity index (χ2v) is 4.16. The number of hydrogen-bond acceptors (Lipinski definition) is 2. The molecule has 2 aliphatic rings. The second-order valence-electron chi connectivity index (χ2n) is 4.16. The number of hydrogen-bond donors (Lipinski definition) is 1. The molecule has 2 rings (SSSR count). The highest BCUT2D eigenvalue weighted by molar-refractivity contribution is 5.21. The topological polar surface area (TPSA) is 23.5 Å². The summed E-state index contributed by atoms with van der Waals surface area (Å²) in [6.45, 7) is 3.47. The van der Waals surface area contributed by atoms with E-state index in [4.69, 9.17) is 5.11 Å². The Kier molecular flexibility index (Phi) is 3.01. The van der Waals surface area contributed by atoms with Gasteiger partial charge in [0.15, 0.2) is 0 Å². The molecule has 0 aromatic heterocycles. The van der Waals surface area contributed by atoms with E-state index in [1.54, 1.807) is 11.1 Å². The summed E-state index contributed by atoms with van der Waals surface area (Å²) in [6, 6.07) is 0. The Morgan fingerprint density at radius 1 is 1.08 bits per heavy atom. The van der Waals surface area contributed by atoms with Crippen LogP contribution in [0.2, 0.25) is 0 Å². The average molecular weight is 181 g/mol. The first kappa shape index (κ1) is 9.22. The van der Waals surface area contributed by atoms with E-state index in [2.05, 4.69) is 4.90 Å². The van der Waals surface area contributed by atoms with Crippen LogP contribution in [0, 0.1) is 0 Å². The summed E-state index contributed by atoms with van der Waals surface area (Å²) in [5.74, 6) is 0. The van der Waals surface area contributed by atoms with Gasteiger partial charge in [-0.2, -0.15) is 0 Å². The van der Waals surface area contributed by atoms with Gasteiger partial charge in [-0.05, 0) is 32.1 Å². The fourth-order valence-corrected chi connectivity index (χ4v) is 2.50. The van der Waals surface area contributed by atoms with E-state index < -0.39 is 0 Å². The van der Waals surface area contributed by atoms with Gasteiger partial charge in [-0.1, -0.05) is 11.1 Å². The van der Waals surface area contributed by atoms with Crippen molar-refractivity contribution >= 4 is 0 Å². The van der Waals surface area contributed by atoms with Crippen LogP contribution in [0.5, 0.6) is 0 Å². The number of aliphatic hydroxyl groups excluding tert-OH is 1. The van der Waals surface area contributed by atoms with Gasteiger partial charge in [0.2, 0.25) is 0 Å². The molecule has 0 radical (unpaired) electrons. The predicted octanol–water partition coefficient (Wildman–Crippen LogP) is 1.55. The van der Waals surface area contributed by atoms with Crippen LogP contribution < -0.4 is 0 Å². The van der Waals surface area contributed by atoms with Gasteiger partial charge in [-0.25, -0.2) is 0 Å². The van der Waals surface area contributed by atoms with Crippen LogP contribution >= 0.6 is 0 Å². The van der Waals surface area contributed by atoms with Crippen LogP contribution in [-0.2, 0) is 0 Å². The van der Waals surface area contributed by atoms with Crippen molar-refractivity contribution in [2.75, 3.05) is 26.2 Å². The highest BCUT2D eigenvalue weighted by atomic mass is 16.3. The number of nitrogens with zero attached hydrogens (tertiary/aromatic N) is 1. The van der Waals surface area contributed by atoms with Crippen molar-refractivity contribution in [3.05, 3.63) is 11.1 Å². The molecule has 1 heterocycles. The van der Waals surface area contributed by atoms with Gasteiger partial charge < -0.3 is 5.11 Å². The molecule has 0 saturated heterocycles. The number of aliphatic hydroxyl groups is 1. The van der Waals surface area contributed by atoms with E-state index in [0.29, 0.717) is 6.61 Å². The minimum Gasteiger partial charge on any atom is -0.395 e. The quantitative estimate of drug-likeness (QED) is 0.653. The minimum atomic E-state index is 0.308. The first-order chi connectivity index (χ1) is 6.40. The molecule has 0 spiro atoms. The summed E-state index contributed by atoms with van der Waals surface area (Å²) < 4.78 is 0. The highest BCUT2D eigenvalue weighted by Gasteiger charge is 2.20. The van der Waals surface area contributed by atoms with Gasteiger partial charge in [-0.15, -0.1) is 0 Å². The molecule has 13 heavy (non-hydrogen) atoms. The van der Waals surface area contributed by atoms with Crippen LogP contribution in [0.4, 0.5) is 0 Å². The summed E-state index contributed by atoms with van der Waals surface area (Å²) >= 11 is 0. The first-order valence-electron chi connectivity index (χ1n) is 5.43. The predicted molar refractivity (Wildman–Crippen MR) is 53.6 cm³/mol. The van der Waals surface area contributed by atoms with Crippen LogP contribution in [0.25, 0.3) is 0 Å². The third-order valence-corrected chi connectivity index (χ3v) is 3.27. The summed E-state index contributed by atoms with van der Waals surface area (Å²) in [7, 11) is 0. The molecule has 0 amide bonds. The average Bonchev–Trinajstić information content (AvgIpc) is 2.18. The second kappa shape index (κ2) is 4.25. The van der Waals surface area contributed by atoms with Gasteiger partial charge in [-0.3, -0.25) is 4.90 Å². The molecule has 0 unspecified atom stereocenters. The monoisotopic (exact) mass is 181 g/mol. The Bertz CT molecular complexity index is 210. The fraction of sp³-hybridized carbons (Fsp3) is 0.818. The summed E-state index contributed by atoms with van der Waals surface area (Å²) in [5, 5.41) is 8.86. The summed E-state index contributed by atoms with van der Waals surface area (Å²) in [5.41, 5.74) is 3.42. The molecule has 1 aliphatic heterocycles. The van der Waals surface area contributed by atoms with Crippen LogP contribution in [0.15, 0.2) is 11.1 Å². The lowest BCUT2D eigenvalue weighted by Crippen LogP contribution is -2.34. The van der Waals surface area contributed by atoms with Gasteiger partial charge >= 0.3 is 0 Å². The summed E-state index contributed by atoms with van der Waals surface area (Å²) in [6.07, 6.45) is 6.71. The van der Waals surface area contributed by atoms with Crippen molar-refractivity contribution in [3.8, 4) is 0 Å². The highest BCUT2D eigenvalue weighted by Crippen LogP contribution is 2.30. The van der Waals surface area contributed by atoms with Gasteiger partial charge in [0.25, 0.3) is 0 Å². The zero-order chi connectivity index (χ0) is 9.10. The molecule has 0 fully saturated rings. The zero-order valence-electron chi connectivity index (χ0n) is 8.26. The molecule has 2 heteroatoms. The van der Waals surface area contributed by atoms with Crippen LogP contribution in [-0.4, -0.2) is 36.2 Å². The lowest BCUT2D eigenvalue weighted by molar-refractivity contribution is 0.197. The maximum absolute atomic E-state index is 8.86. The minimum absolute atomic E-state index is 0.308. The first-order valence-corrected chi connectivity index (χ1v) is 5.43. The van der Waals surface area contributed by atoms with E-state index in [-0.39, 0.29) is 0 Å². The largest absolute Gasteiger partial charge is 0.395 e. The Morgan fingerprint density at radius 2 is 1.85 bits per heavy atom. The van der Waals surface area contributed by atoms with E-state index in [1.165, 1.54) is 38.6 Å². The Labute approximate surface area is 80.2 Å². The molecular formula is C11H19NO. The van der Waals surface area contributed by atoms with Gasteiger partial charge in [0.1, 0.15) is 0 Å². The van der Waals surface area contributed by atoms with E-state index in [0.717, 1.165) is 13.1 Å². The third kappa shape index (κ3) is 2.12. The fourth-order valence-electron chi connectivity index (χ4n) is 2.50. The molecule has 0 atom stereocenters. The van der Waals surface area contributed by atoms with Crippen molar-refractivity contribution in [2.45, 2.75) is 32.1 Å². The lowest BCUT2D eigenvalue weighted by Gasteiger charge is -2.32. The molecule has 1 N–H and O–H groups in total. The van der Waals surface area contributed by atoms with Gasteiger partial charge in [0, 0.05) is 19.6 Å². The van der Waals surface area contributed by atoms with E-state index in [1.807, 2.05) is 0 Å². The third-order valence-electron chi connectivity index (χ3n) is 3.27. The van der Waals surface area contributed by atoms with Crippen molar-refractivity contribution in [3.63, 3.8) is 0 Å². The van der Waals surface area contributed by atoms with Gasteiger partial charge in [0.05, 0.1) is 6.61 Å². The smallest absolute Gasteiger partial charge is 0.0558 e. The maximum atomic E-state index is 8.86. The van der Waals surface area contributed by atoms with Crippen molar-refractivity contribution < 1.29 is 5.11 Å². The molecule has 0 saturated carbocycles. The van der Waals surface area contributed by atoms with Crippen LogP contribution in [0.3, 0.4) is 0 Å². The molecule has 2 nitrogen and oxygen atoms in total. The number of rotatable bonds is 2. The van der Waals surface area contributed by atoms with Crippen molar-refractivity contribution in [1.29, 1.82) is 0 Å². The molecule has 0 aromatic rings. The molecule has 0 aromatic carbocycles. The van der Waals surface area contributed by atoms with Crippen LogP contribution in [0.1, 0.15) is 32.1 Å². The number of β-amino-alcohol motifs (C(OH)–C–C–N with tert-alkyl or cyclic N) is 1. The SMILES string of the molecule is OCCN1CCC2=C(CCCC2)C1. The lowest BCUT2D eigenvalue weighted by atomic mass is 9.87. The van der Waals surface area contributed by atoms with E-state index >= 15 is 0 Å². The van der Waals surface area contributed by atoms with E-state index in [9.17, 15) is 0 Å². The van der Waals surface area contributed by atoms with Crippen molar-refractivity contribution in [2.24, 2.45) is 0 Å². The molecular weight excluding hydrogens is 162 g/mol. The zero-order valence-corrected chi connectivity index (χ0v) is 8.26. The summed E-state index contributed by atoms with van der Waals surface area (Å²) in [4.78, 5) is 2.38. The molecule has 1 aliphatic carbocycles. The molecule has 0 bridgehead atoms. The maximum Gasteiger partial charge on any atom is 0.0558 e. The standard InChI is InChI=1S/C11H19NO/c13-8-7-12-6-5-10-3-1-2-4-11(10)9-12/h13H,1-9H2. The normalized spacial score (nSPS) is 24.7. The Balaban J connectivity index is 1.97.